The van der Waals surface area contributed by atoms with Gasteiger partial charge in [-0.05, 0) is 102 Å². The Morgan fingerprint density at radius 3 is 1.84 bits per heavy atom. The van der Waals surface area contributed by atoms with Crippen LogP contribution in [0.2, 0.25) is 0 Å². The minimum Gasteiger partial charge on any atom is -0.753 e. The molecule has 5 rings (SSSR count). The summed E-state index contributed by atoms with van der Waals surface area (Å²) in [5, 5.41) is 15.4. The molecule has 0 unspecified atom stereocenters. The fourth-order valence-corrected chi connectivity index (χ4v) is 6.66. The molecule has 0 fully saturated rings. The molecule has 0 radical (unpaired) electrons. The molecule has 5 aromatic heterocycles. The third kappa shape index (κ3) is 20.2. The molecule has 0 bridgehead atoms. The van der Waals surface area contributed by atoms with Crippen molar-refractivity contribution in [3.63, 3.8) is 0 Å². The van der Waals surface area contributed by atoms with Gasteiger partial charge in [0.1, 0.15) is 23.0 Å². The Hall–Kier alpha value is -6.65. The Morgan fingerprint density at radius 2 is 1.33 bits per heavy atom. The normalized spacial score (nSPS) is 11.4. The van der Waals surface area contributed by atoms with Gasteiger partial charge in [-0.15, -0.1) is 17.0 Å². The molecule has 0 aromatic carbocycles. The standard InChI is InChI=1S/C26H23N3O6.C21H23F3N3S.CNS.Ru/c1-3-20(33-15-30)9-18-5-7-27-23(11-18)25-13-22(35-17-32)14-26(29-25)24-12-19(6-8-28-24)10-21(4-2)34-16-31;1-2-3-4-5-6-16-9-10-17(28-16)8-7-15-11-12-27-19(13-15)18(25)14-20(26)21(22,23)24;2-1-3;/h5-17H,3-4H2,1-2H3;7-14,25-26H,2-6H2,1H3;;/q;2*-1;+2/b20-9+,21-10+;8-7+,18-14-,26-20?;;. The van der Waals surface area contributed by atoms with E-state index in [1.54, 1.807) is 78.3 Å². The molecule has 5 aromatic rings. The fourth-order valence-electron chi connectivity index (χ4n) is 5.70. The number of thiophene rings is 1. The first-order chi connectivity index (χ1) is 31.8. The second-order valence-corrected chi connectivity index (χ2v) is 15.0. The number of hydrogen-bond acceptors (Lipinski definition) is 13. The molecular weight excluding hydrogens is 993 g/mol. The predicted octanol–water partition coefficient (Wildman–Crippen LogP) is 12.7. The Balaban J connectivity index is 0.000000438. The van der Waals surface area contributed by atoms with Crippen LogP contribution in [0.3, 0.4) is 0 Å². The Labute approximate surface area is 408 Å². The zero-order chi connectivity index (χ0) is 48.3. The smallest absolute Gasteiger partial charge is 0.753 e. The largest absolute Gasteiger partial charge is 2.00 e. The maximum absolute atomic E-state index is 12.4. The summed E-state index contributed by atoms with van der Waals surface area (Å²) in [5.74, 6) is 1.27. The predicted molar refractivity (Wildman–Crippen MR) is 256 cm³/mol. The van der Waals surface area contributed by atoms with Gasteiger partial charge in [-0.2, -0.15) is 18.3 Å². The molecular formula is C48H46F3N7O6RuS2. The van der Waals surface area contributed by atoms with E-state index in [-0.39, 0.29) is 30.9 Å². The number of pyridine rings is 4. The van der Waals surface area contributed by atoms with Crippen LogP contribution in [0.5, 0.6) is 5.75 Å². The van der Waals surface area contributed by atoms with Crippen LogP contribution < -0.4 is 4.74 Å². The Kier molecular flexibility index (Phi) is 25.7. The van der Waals surface area contributed by atoms with Crippen molar-refractivity contribution >= 4 is 83.8 Å². The van der Waals surface area contributed by atoms with Gasteiger partial charge in [0.05, 0.1) is 22.8 Å². The molecule has 0 amide bonds. The van der Waals surface area contributed by atoms with E-state index in [9.17, 15) is 27.6 Å². The summed E-state index contributed by atoms with van der Waals surface area (Å²) in [6.07, 6.45) is 14.7. The number of ether oxygens (including phenoxy) is 3. The number of nitrogens with one attached hydrogen (secondary N) is 2. The van der Waals surface area contributed by atoms with Crippen molar-refractivity contribution in [3.05, 3.63) is 140 Å². The van der Waals surface area contributed by atoms with Crippen molar-refractivity contribution in [1.29, 1.82) is 5.41 Å². The van der Waals surface area contributed by atoms with Gasteiger partial charge in [0, 0.05) is 59.0 Å². The first-order valence-corrected chi connectivity index (χ1v) is 21.5. The maximum Gasteiger partial charge on any atom is 2.00 e. The van der Waals surface area contributed by atoms with E-state index in [0.717, 1.165) is 28.0 Å². The van der Waals surface area contributed by atoms with Crippen molar-refractivity contribution in [2.24, 2.45) is 0 Å². The molecule has 0 atom stereocenters. The number of aryl methyl sites for hydroxylation is 1. The summed E-state index contributed by atoms with van der Waals surface area (Å²) in [6.45, 7) is 7.04. The van der Waals surface area contributed by atoms with Crippen LogP contribution in [0.1, 0.15) is 91.4 Å². The van der Waals surface area contributed by atoms with Gasteiger partial charge in [-0.3, -0.25) is 34.7 Å². The first kappa shape index (κ1) is 56.5. The number of thiocarbonyl (C=S) groups is 1. The van der Waals surface area contributed by atoms with Gasteiger partial charge in [-0.1, -0.05) is 58.3 Å². The SMILES string of the molecule is CC/C(=C\c1ccnc(-c2cc(OC=O)cc(-c3cc(/C=C(\CC)OC=O)ccn3)n2)c1)OC=O.CCCCCCc1ccc(/C=C/c2ccnc(/C([NH-])=C/C(=N)C(F)(F)F)c2)s1.[N-]=C=S.[Ru+2]. The number of hydrogen-bond donors (Lipinski definition) is 1. The number of aromatic nitrogens is 4. The number of alkyl halides is 3. The first-order valence-electron chi connectivity index (χ1n) is 20.3. The zero-order valence-electron chi connectivity index (χ0n) is 36.6. The van der Waals surface area contributed by atoms with E-state index in [0.29, 0.717) is 72.6 Å². The molecule has 0 aliphatic carbocycles. The van der Waals surface area contributed by atoms with Crippen molar-refractivity contribution in [3.8, 4) is 28.5 Å². The van der Waals surface area contributed by atoms with E-state index in [1.807, 2.05) is 26.0 Å². The third-order valence-electron chi connectivity index (χ3n) is 8.88. The minimum absolute atomic E-state index is 0. The van der Waals surface area contributed by atoms with Crippen LogP contribution in [0.25, 0.3) is 63.9 Å². The molecule has 19 heteroatoms. The number of unbranched alkanes of at least 4 members (excludes halogenated alkanes) is 3. The molecule has 350 valence electrons. The van der Waals surface area contributed by atoms with Crippen LogP contribution in [-0.4, -0.2) is 56.4 Å². The van der Waals surface area contributed by atoms with E-state index in [1.165, 1.54) is 48.0 Å². The van der Waals surface area contributed by atoms with E-state index in [2.05, 4.69) is 51.2 Å². The number of carbonyl (C=O) groups is 3. The molecule has 0 aliphatic heterocycles. The molecule has 67 heavy (non-hydrogen) atoms. The van der Waals surface area contributed by atoms with Crippen molar-refractivity contribution in [2.45, 2.75) is 71.9 Å². The molecule has 0 saturated carbocycles. The number of isothiocyanates is 1. The van der Waals surface area contributed by atoms with Gasteiger partial charge < -0.3 is 25.4 Å². The van der Waals surface area contributed by atoms with Gasteiger partial charge >= 0.3 is 25.7 Å². The average molecular weight is 1040 g/mol. The maximum atomic E-state index is 12.4. The van der Waals surface area contributed by atoms with Crippen molar-refractivity contribution < 1.29 is 61.2 Å². The number of carbonyl (C=O) groups excluding carboxylic acids is 3. The molecule has 0 spiro atoms. The fraction of sp³-hybridized carbons (Fsp3) is 0.229. The van der Waals surface area contributed by atoms with E-state index < -0.39 is 17.6 Å². The summed E-state index contributed by atoms with van der Waals surface area (Å²) in [6, 6.07) is 17.7. The van der Waals surface area contributed by atoms with Gasteiger partial charge in [-0.25, -0.2) is 4.98 Å². The average Bonchev–Trinajstić information content (AvgIpc) is 3.77. The second kappa shape index (κ2) is 30.5. The van der Waals surface area contributed by atoms with Crippen molar-refractivity contribution in [1.82, 2.24) is 19.9 Å². The van der Waals surface area contributed by atoms with Crippen LogP contribution in [0.4, 0.5) is 13.2 Å². The number of allylic oxidation sites excluding steroid dienone is 3. The molecule has 0 saturated heterocycles. The number of rotatable bonds is 21. The summed E-state index contributed by atoms with van der Waals surface area (Å²) < 4.78 is 52.4. The summed E-state index contributed by atoms with van der Waals surface area (Å²) in [7, 11) is 0. The van der Waals surface area contributed by atoms with Crippen LogP contribution >= 0.6 is 23.6 Å². The molecule has 2 N–H and O–H groups in total. The van der Waals surface area contributed by atoms with Gasteiger partial charge in [0.2, 0.25) is 0 Å². The topological polar surface area (TPSA) is 200 Å². The molecule has 0 aliphatic rings. The molecule has 5 heterocycles. The Morgan fingerprint density at radius 1 is 0.776 bits per heavy atom. The monoisotopic (exact) mass is 1040 g/mol. The van der Waals surface area contributed by atoms with Crippen LogP contribution in [-0.2, 0) is 49.8 Å². The summed E-state index contributed by atoms with van der Waals surface area (Å²) in [4.78, 5) is 52.3. The Bertz CT molecular complexity index is 2490. The van der Waals surface area contributed by atoms with E-state index >= 15 is 0 Å². The summed E-state index contributed by atoms with van der Waals surface area (Å²) in [5.41, 5.74) is 10.0. The van der Waals surface area contributed by atoms with Gasteiger partial charge in [0.15, 0.2) is 0 Å². The number of halogens is 3. The second-order valence-electron chi connectivity index (χ2n) is 13.6. The van der Waals surface area contributed by atoms with Gasteiger partial charge in [0.25, 0.3) is 19.4 Å². The van der Waals surface area contributed by atoms with Crippen LogP contribution in [0.15, 0.2) is 96.8 Å². The summed E-state index contributed by atoms with van der Waals surface area (Å²) >= 11 is 5.43. The quantitative estimate of drug-likeness (QED) is 0.0183. The molecule has 13 nitrogen and oxygen atoms in total. The third-order valence-corrected chi connectivity index (χ3v) is 9.99. The van der Waals surface area contributed by atoms with Crippen LogP contribution in [0, 0.1) is 5.41 Å². The number of nitrogens with zero attached hydrogens (tertiary/aromatic N) is 5. The van der Waals surface area contributed by atoms with E-state index in [4.69, 9.17) is 30.8 Å². The zero-order valence-corrected chi connectivity index (χ0v) is 39.9. The minimum atomic E-state index is -4.77. The van der Waals surface area contributed by atoms with Crippen molar-refractivity contribution in [2.75, 3.05) is 0 Å².